The van der Waals surface area contributed by atoms with Crippen molar-refractivity contribution in [2.75, 3.05) is 4.90 Å². The largest absolute Gasteiger partial charge is 0.443 e. The molecule has 2 aromatic rings. The maximum atomic E-state index is 13.3. The Morgan fingerprint density at radius 2 is 1.96 bits per heavy atom. The van der Waals surface area contributed by atoms with Crippen LogP contribution in [0.2, 0.25) is 5.02 Å². The van der Waals surface area contributed by atoms with E-state index in [0.29, 0.717) is 10.9 Å². The molecular formula is C23H27BrClNO2. The minimum atomic E-state index is -0.572. The van der Waals surface area contributed by atoms with Gasteiger partial charge in [0.1, 0.15) is 5.60 Å². The molecule has 0 fully saturated rings. The Balaban J connectivity index is 2.12. The molecule has 1 atom stereocenters. The van der Waals surface area contributed by atoms with E-state index < -0.39 is 5.60 Å². The number of rotatable bonds is 2. The van der Waals surface area contributed by atoms with Crippen LogP contribution in [0.5, 0.6) is 0 Å². The molecule has 1 amide bonds. The average Bonchev–Trinajstić information content (AvgIpc) is 2.59. The smallest absolute Gasteiger partial charge is 0.415 e. The van der Waals surface area contributed by atoms with Crippen molar-refractivity contribution >= 4 is 39.3 Å². The number of carbonyl (C=O) groups excluding carboxylic acids is 1. The Morgan fingerprint density at radius 1 is 1.25 bits per heavy atom. The molecule has 0 saturated carbocycles. The molecule has 3 rings (SSSR count). The SMILES string of the molecule is CC(C)c1cc(Br)c2c(c1)CCC(c1cccc(Cl)c1)N2C(=O)OC(C)(C)C. The van der Waals surface area contributed by atoms with Crippen LogP contribution < -0.4 is 4.90 Å². The molecule has 5 heteroatoms. The lowest BCUT2D eigenvalue weighted by molar-refractivity contribution is 0.0559. The van der Waals surface area contributed by atoms with Gasteiger partial charge in [0.25, 0.3) is 0 Å². The summed E-state index contributed by atoms with van der Waals surface area (Å²) in [5.41, 5.74) is 3.77. The Hall–Kier alpha value is -1.52. The predicted molar refractivity (Wildman–Crippen MR) is 119 cm³/mol. The number of halogens is 2. The van der Waals surface area contributed by atoms with Crippen molar-refractivity contribution in [3.8, 4) is 0 Å². The number of hydrogen-bond acceptors (Lipinski definition) is 2. The number of fused-ring (bicyclic) bond motifs is 1. The highest BCUT2D eigenvalue weighted by atomic mass is 79.9. The van der Waals surface area contributed by atoms with E-state index in [0.717, 1.165) is 28.6 Å². The second kappa shape index (κ2) is 8.08. The summed E-state index contributed by atoms with van der Waals surface area (Å²) in [4.78, 5) is 15.1. The van der Waals surface area contributed by atoms with Gasteiger partial charge in [-0.3, -0.25) is 4.90 Å². The molecule has 1 aliphatic heterocycles. The first-order valence-electron chi connectivity index (χ1n) is 9.67. The quantitative estimate of drug-likeness (QED) is 0.456. The van der Waals surface area contributed by atoms with Gasteiger partial charge in [0.05, 0.1) is 11.7 Å². The highest BCUT2D eigenvalue weighted by Crippen LogP contribution is 2.45. The maximum absolute atomic E-state index is 13.3. The third-order valence-corrected chi connectivity index (χ3v) is 5.73. The van der Waals surface area contributed by atoms with Crippen molar-refractivity contribution in [2.45, 2.75) is 65.0 Å². The Kier molecular flexibility index (Phi) is 6.11. The van der Waals surface area contributed by atoms with Gasteiger partial charge in [0.15, 0.2) is 0 Å². The maximum Gasteiger partial charge on any atom is 0.415 e. The lowest BCUT2D eigenvalue weighted by Crippen LogP contribution is -2.42. The van der Waals surface area contributed by atoms with Crippen molar-refractivity contribution in [1.29, 1.82) is 0 Å². The van der Waals surface area contributed by atoms with Crippen LogP contribution in [0.15, 0.2) is 40.9 Å². The fourth-order valence-electron chi connectivity index (χ4n) is 3.61. The van der Waals surface area contributed by atoms with E-state index in [2.05, 4.69) is 41.9 Å². The zero-order chi connectivity index (χ0) is 20.6. The zero-order valence-corrected chi connectivity index (χ0v) is 19.4. The van der Waals surface area contributed by atoms with Crippen LogP contribution in [-0.2, 0) is 11.2 Å². The number of benzene rings is 2. The Bertz CT molecular complexity index is 889. The number of ether oxygens (including phenoxy) is 1. The van der Waals surface area contributed by atoms with Gasteiger partial charge in [-0.2, -0.15) is 0 Å². The van der Waals surface area contributed by atoms with Gasteiger partial charge >= 0.3 is 6.09 Å². The van der Waals surface area contributed by atoms with Gasteiger partial charge in [-0.1, -0.05) is 43.6 Å². The van der Waals surface area contributed by atoms with Crippen molar-refractivity contribution in [3.63, 3.8) is 0 Å². The molecule has 0 spiro atoms. The lowest BCUT2D eigenvalue weighted by Gasteiger charge is -2.39. The van der Waals surface area contributed by atoms with Crippen LogP contribution in [0.3, 0.4) is 0 Å². The molecule has 0 aromatic heterocycles. The van der Waals surface area contributed by atoms with E-state index >= 15 is 0 Å². The van der Waals surface area contributed by atoms with Gasteiger partial charge in [-0.25, -0.2) is 4.79 Å². The summed E-state index contributed by atoms with van der Waals surface area (Å²) in [5, 5.41) is 0.668. The molecule has 0 N–H and O–H groups in total. The van der Waals surface area contributed by atoms with Crippen LogP contribution in [0.1, 0.15) is 69.7 Å². The van der Waals surface area contributed by atoms with Crippen molar-refractivity contribution in [3.05, 3.63) is 62.6 Å². The predicted octanol–water partition coefficient (Wildman–Crippen LogP) is 7.65. The molecule has 2 aromatic carbocycles. The molecule has 1 aliphatic rings. The molecule has 28 heavy (non-hydrogen) atoms. The van der Waals surface area contributed by atoms with Crippen LogP contribution in [0, 0.1) is 0 Å². The number of aryl methyl sites for hydroxylation is 1. The molecule has 0 aliphatic carbocycles. The normalized spacial score (nSPS) is 16.9. The molecule has 3 nitrogen and oxygen atoms in total. The van der Waals surface area contributed by atoms with Crippen LogP contribution >= 0.6 is 27.5 Å². The van der Waals surface area contributed by atoms with Gasteiger partial charge in [-0.15, -0.1) is 0 Å². The van der Waals surface area contributed by atoms with E-state index in [1.807, 2.05) is 45.0 Å². The monoisotopic (exact) mass is 463 g/mol. The molecule has 0 radical (unpaired) electrons. The highest BCUT2D eigenvalue weighted by molar-refractivity contribution is 9.10. The van der Waals surface area contributed by atoms with Crippen molar-refractivity contribution < 1.29 is 9.53 Å². The van der Waals surface area contributed by atoms with Crippen molar-refractivity contribution in [1.82, 2.24) is 0 Å². The Labute approximate surface area is 181 Å². The summed E-state index contributed by atoms with van der Waals surface area (Å²) >= 11 is 9.97. The minimum absolute atomic E-state index is 0.123. The Morgan fingerprint density at radius 3 is 2.57 bits per heavy atom. The fraction of sp³-hybridized carbons (Fsp3) is 0.435. The number of amides is 1. The molecule has 150 valence electrons. The van der Waals surface area contributed by atoms with Gasteiger partial charge in [-0.05, 0) is 90.4 Å². The van der Waals surface area contributed by atoms with E-state index in [9.17, 15) is 4.79 Å². The number of hydrogen-bond donors (Lipinski definition) is 0. The highest BCUT2D eigenvalue weighted by Gasteiger charge is 2.36. The summed E-state index contributed by atoms with van der Waals surface area (Å²) in [6.07, 6.45) is 1.38. The summed E-state index contributed by atoms with van der Waals surface area (Å²) in [6, 6.07) is 11.9. The lowest BCUT2D eigenvalue weighted by atomic mass is 9.89. The third-order valence-electron chi connectivity index (χ3n) is 4.89. The molecule has 1 heterocycles. The number of carbonyl (C=O) groups is 1. The van der Waals surface area contributed by atoms with E-state index in [1.54, 1.807) is 4.90 Å². The topological polar surface area (TPSA) is 29.5 Å². The van der Waals surface area contributed by atoms with Crippen LogP contribution in [-0.4, -0.2) is 11.7 Å². The van der Waals surface area contributed by atoms with Gasteiger partial charge in [0, 0.05) is 9.50 Å². The third kappa shape index (κ3) is 4.55. The summed E-state index contributed by atoms with van der Waals surface area (Å²) in [7, 11) is 0. The van der Waals surface area contributed by atoms with Crippen LogP contribution in [0.25, 0.3) is 0 Å². The average molecular weight is 465 g/mol. The molecule has 0 saturated heterocycles. The van der Waals surface area contributed by atoms with E-state index in [4.69, 9.17) is 16.3 Å². The second-order valence-electron chi connectivity index (χ2n) is 8.62. The molecular weight excluding hydrogens is 438 g/mol. The van der Waals surface area contributed by atoms with Crippen LogP contribution in [0.4, 0.5) is 10.5 Å². The van der Waals surface area contributed by atoms with Crippen molar-refractivity contribution in [2.24, 2.45) is 0 Å². The van der Waals surface area contributed by atoms with Gasteiger partial charge < -0.3 is 4.74 Å². The summed E-state index contributed by atoms with van der Waals surface area (Å²) in [6.45, 7) is 10.0. The van der Waals surface area contributed by atoms with Gasteiger partial charge in [0.2, 0.25) is 0 Å². The zero-order valence-electron chi connectivity index (χ0n) is 17.1. The van der Waals surface area contributed by atoms with E-state index in [1.165, 1.54) is 11.1 Å². The fourth-order valence-corrected chi connectivity index (χ4v) is 4.52. The minimum Gasteiger partial charge on any atom is -0.443 e. The first-order valence-corrected chi connectivity index (χ1v) is 10.8. The first kappa shape index (κ1) is 21.2. The standard InChI is InChI=1S/C23H27BrClNO2/c1-14(2)17-11-16-9-10-20(15-7-6-8-18(25)12-15)26(21(16)19(24)13-17)22(27)28-23(3,4)5/h6-8,11-14,20H,9-10H2,1-5H3. The number of nitrogens with zero attached hydrogens (tertiary/aromatic N) is 1. The summed E-state index contributed by atoms with van der Waals surface area (Å²) in [5.74, 6) is 0.419. The second-order valence-corrected chi connectivity index (χ2v) is 9.92. The van der Waals surface area contributed by atoms with E-state index in [-0.39, 0.29) is 12.1 Å². The molecule has 0 bridgehead atoms. The molecule has 1 unspecified atom stereocenters. The summed E-state index contributed by atoms with van der Waals surface area (Å²) < 4.78 is 6.70. The first-order chi connectivity index (χ1) is 13.1. The number of anilines is 1.